The van der Waals surface area contributed by atoms with E-state index < -0.39 is 5.97 Å². The van der Waals surface area contributed by atoms with E-state index in [1.165, 1.54) is 5.56 Å². The fourth-order valence-electron chi connectivity index (χ4n) is 1.89. The van der Waals surface area contributed by atoms with E-state index in [0.29, 0.717) is 25.9 Å². The van der Waals surface area contributed by atoms with Crippen LogP contribution < -0.4 is 5.32 Å². The minimum Gasteiger partial charge on any atom is -0.481 e. The molecule has 1 aromatic rings. The van der Waals surface area contributed by atoms with Crippen LogP contribution in [-0.4, -0.2) is 35.6 Å². The Hall–Kier alpha value is -2.04. The summed E-state index contributed by atoms with van der Waals surface area (Å²) < 4.78 is 0. The van der Waals surface area contributed by atoms with Crippen LogP contribution >= 0.6 is 0 Å². The molecule has 0 spiro atoms. The summed E-state index contributed by atoms with van der Waals surface area (Å²) in [4.78, 5) is 23.8. The largest absolute Gasteiger partial charge is 0.481 e. The summed E-state index contributed by atoms with van der Waals surface area (Å²) in [6, 6.07) is 7.90. The lowest BCUT2D eigenvalue weighted by molar-refractivity contribution is -0.137. The smallest absolute Gasteiger partial charge is 0.317 e. The fraction of sp³-hybridized carbons (Fsp3) is 0.467. The molecule has 110 valence electrons. The van der Waals surface area contributed by atoms with E-state index in [0.717, 1.165) is 5.56 Å². The van der Waals surface area contributed by atoms with Gasteiger partial charge in [0.2, 0.25) is 0 Å². The molecule has 0 saturated heterocycles. The number of rotatable bonds is 7. The number of unbranched alkanes of at least 4 members (excludes halogenated alkanes) is 1. The molecule has 0 saturated carbocycles. The Labute approximate surface area is 119 Å². The van der Waals surface area contributed by atoms with E-state index in [1.807, 2.05) is 25.1 Å². The second-order valence-electron chi connectivity index (χ2n) is 4.93. The second kappa shape index (κ2) is 8.19. The molecule has 1 rings (SSSR count). The molecule has 5 nitrogen and oxygen atoms in total. The zero-order valence-corrected chi connectivity index (χ0v) is 12.1. The molecule has 0 aromatic heterocycles. The maximum absolute atomic E-state index is 11.8. The van der Waals surface area contributed by atoms with Gasteiger partial charge in [-0.25, -0.2) is 4.79 Å². The van der Waals surface area contributed by atoms with E-state index >= 15 is 0 Å². The third-order valence-corrected chi connectivity index (χ3v) is 2.94. The Kier molecular flexibility index (Phi) is 6.56. The van der Waals surface area contributed by atoms with Crippen molar-refractivity contribution in [3.63, 3.8) is 0 Å². The molecule has 2 N–H and O–H groups in total. The molecule has 5 heteroatoms. The molecule has 0 bridgehead atoms. The van der Waals surface area contributed by atoms with Crippen molar-refractivity contribution in [1.82, 2.24) is 10.2 Å². The lowest BCUT2D eigenvalue weighted by Gasteiger charge is -2.18. The van der Waals surface area contributed by atoms with E-state index in [2.05, 4.69) is 11.4 Å². The highest BCUT2D eigenvalue weighted by molar-refractivity contribution is 5.73. The summed E-state index contributed by atoms with van der Waals surface area (Å²) >= 11 is 0. The molecule has 20 heavy (non-hydrogen) atoms. The van der Waals surface area contributed by atoms with Crippen molar-refractivity contribution >= 4 is 12.0 Å². The van der Waals surface area contributed by atoms with Gasteiger partial charge in [0.15, 0.2) is 0 Å². The van der Waals surface area contributed by atoms with Crippen molar-refractivity contribution in [2.75, 3.05) is 13.6 Å². The summed E-state index contributed by atoms with van der Waals surface area (Å²) in [7, 11) is 1.74. The summed E-state index contributed by atoms with van der Waals surface area (Å²) in [5, 5.41) is 11.3. The minimum atomic E-state index is -0.798. The highest BCUT2D eigenvalue weighted by Gasteiger charge is 2.08. The molecule has 0 aliphatic heterocycles. The number of urea groups is 1. The van der Waals surface area contributed by atoms with Crippen LogP contribution in [0, 0.1) is 6.92 Å². The first-order chi connectivity index (χ1) is 9.49. The van der Waals surface area contributed by atoms with Crippen LogP contribution in [0.25, 0.3) is 0 Å². The van der Waals surface area contributed by atoms with Crippen LogP contribution in [0.3, 0.4) is 0 Å². The van der Waals surface area contributed by atoms with Crippen LogP contribution in [0.2, 0.25) is 0 Å². The average molecular weight is 278 g/mol. The first kappa shape index (κ1) is 16.0. The molecular weight excluding hydrogens is 256 g/mol. The number of aryl methyl sites for hydroxylation is 1. The Morgan fingerprint density at radius 3 is 2.70 bits per heavy atom. The third-order valence-electron chi connectivity index (χ3n) is 2.94. The average Bonchev–Trinajstić information content (AvgIpc) is 2.37. The minimum absolute atomic E-state index is 0.137. The number of carbonyl (C=O) groups is 2. The Morgan fingerprint density at radius 1 is 1.30 bits per heavy atom. The van der Waals surface area contributed by atoms with Gasteiger partial charge in [0.25, 0.3) is 0 Å². The van der Waals surface area contributed by atoms with Crippen LogP contribution in [0.1, 0.15) is 30.4 Å². The second-order valence-corrected chi connectivity index (χ2v) is 4.93. The number of amides is 2. The van der Waals surface area contributed by atoms with Crippen LogP contribution in [0.15, 0.2) is 24.3 Å². The highest BCUT2D eigenvalue weighted by atomic mass is 16.4. The van der Waals surface area contributed by atoms with E-state index in [1.54, 1.807) is 11.9 Å². The summed E-state index contributed by atoms with van der Waals surface area (Å²) in [5.41, 5.74) is 2.26. The molecular formula is C15H22N2O3. The van der Waals surface area contributed by atoms with E-state index in [9.17, 15) is 9.59 Å². The van der Waals surface area contributed by atoms with Gasteiger partial charge in [0, 0.05) is 26.6 Å². The zero-order chi connectivity index (χ0) is 15.0. The first-order valence-corrected chi connectivity index (χ1v) is 6.75. The van der Waals surface area contributed by atoms with E-state index in [-0.39, 0.29) is 12.5 Å². The number of hydrogen-bond acceptors (Lipinski definition) is 2. The standard InChI is InChI=1S/C15H22N2O3/c1-12-6-5-7-13(10-12)11-17(2)15(20)16-9-4-3-8-14(18)19/h5-7,10H,3-4,8-9,11H2,1-2H3,(H,16,20)(H,18,19). The maximum atomic E-state index is 11.8. The molecule has 0 fully saturated rings. The maximum Gasteiger partial charge on any atom is 0.317 e. The van der Waals surface area contributed by atoms with Gasteiger partial charge in [-0.15, -0.1) is 0 Å². The highest BCUT2D eigenvalue weighted by Crippen LogP contribution is 2.06. The van der Waals surface area contributed by atoms with Gasteiger partial charge < -0.3 is 15.3 Å². The Morgan fingerprint density at radius 2 is 2.05 bits per heavy atom. The van der Waals surface area contributed by atoms with Crippen molar-refractivity contribution in [1.29, 1.82) is 0 Å². The van der Waals surface area contributed by atoms with Gasteiger partial charge >= 0.3 is 12.0 Å². The topological polar surface area (TPSA) is 69.6 Å². The number of aliphatic carboxylic acids is 1. The number of carboxylic acids is 1. The van der Waals surface area contributed by atoms with Gasteiger partial charge in [-0.05, 0) is 25.3 Å². The lowest BCUT2D eigenvalue weighted by atomic mass is 10.1. The number of benzene rings is 1. The van der Waals surface area contributed by atoms with Crippen molar-refractivity contribution < 1.29 is 14.7 Å². The van der Waals surface area contributed by atoms with Gasteiger partial charge in [-0.3, -0.25) is 4.79 Å². The predicted molar refractivity (Wildman–Crippen MR) is 77.5 cm³/mol. The molecule has 0 heterocycles. The first-order valence-electron chi connectivity index (χ1n) is 6.75. The summed E-state index contributed by atoms with van der Waals surface area (Å²) in [6.45, 7) is 3.08. The fourth-order valence-corrected chi connectivity index (χ4v) is 1.89. The van der Waals surface area contributed by atoms with Gasteiger partial charge in [-0.2, -0.15) is 0 Å². The number of carboxylic acid groups (broad SMARTS) is 1. The van der Waals surface area contributed by atoms with Crippen molar-refractivity contribution in [3.05, 3.63) is 35.4 Å². The van der Waals surface area contributed by atoms with Crippen LogP contribution in [-0.2, 0) is 11.3 Å². The van der Waals surface area contributed by atoms with Gasteiger partial charge in [-0.1, -0.05) is 29.8 Å². The molecule has 0 unspecified atom stereocenters. The van der Waals surface area contributed by atoms with Crippen molar-refractivity contribution in [2.24, 2.45) is 0 Å². The Bertz CT molecular complexity index is 460. The number of carbonyl (C=O) groups excluding carboxylic acids is 1. The molecule has 0 atom stereocenters. The summed E-state index contributed by atoms with van der Waals surface area (Å²) in [6.07, 6.45) is 1.41. The lowest BCUT2D eigenvalue weighted by Crippen LogP contribution is -2.37. The van der Waals surface area contributed by atoms with Crippen molar-refractivity contribution in [2.45, 2.75) is 32.7 Å². The van der Waals surface area contributed by atoms with Gasteiger partial charge in [0.05, 0.1) is 0 Å². The Balaban J connectivity index is 2.27. The van der Waals surface area contributed by atoms with Gasteiger partial charge in [0.1, 0.15) is 0 Å². The third kappa shape index (κ3) is 6.22. The SMILES string of the molecule is Cc1cccc(CN(C)C(=O)NCCCCC(=O)O)c1. The van der Waals surface area contributed by atoms with Crippen LogP contribution in [0.4, 0.5) is 4.79 Å². The van der Waals surface area contributed by atoms with E-state index in [4.69, 9.17) is 5.11 Å². The van der Waals surface area contributed by atoms with Crippen molar-refractivity contribution in [3.8, 4) is 0 Å². The zero-order valence-electron chi connectivity index (χ0n) is 12.1. The molecule has 0 radical (unpaired) electrons. The van der Waals surface area contributed by atoms with Crippen LogP contribution in [0.5, 0.6) is 0 Å². The normalized spacial score (nSPS) is 10.1. The number of hydrogen-bond donors (Lipinski definition) is 2. The summed E-state index contributed by atoms with van der Waals surface area (Å²) in [5.74, 6) is -0.798. The monoisotopic (exact) mass is 278 g/mol. The molecule has 2 amide bonds. The number of nitrogens with one attached hydrogen (secondary N) is 1. The molecule has 0 aliphatic carbocycles. The predicted octanol–water partition coefficient (Wildman–Crippen LogP) is 2.39. The molecule has 1 aromatic carbocycles. The molecule has 0 aliphatic rings. The number of nitrogens with zero attached hydrogens (tertiary/aromatic N) is 1. The quantitative estimate of drug-likeness (QED) is 0.752.